The normalized spacial score (nSPS) is 10.2. The van der Waals surface area contributed by atoms with Gasteiger partial charge in [-0.25, -0.2) is 4.39 Å². The van der Waals surface area contributed by atoms with Gasteiger partial charge in [-0.3, -0.25) is 4.79 Å². The lowest BCUT2D eigenvalue weighted by Gasteiger charge is -2.04. The molecule has 0 atom stereocenters. The predicted octanol–water partition coefficient (Wildman–Crippen LogP) is 3.06. The molecule has 0 aromatic heterocycles. The average molecular weight is 237 g/mol. The van der Waals surface area contributed by atoms with Gasteiger partial charge < -0.3 is 5.32 Å². The van der Waals surface area contributed by atoms with E-state index in [0.29, 0.717) is 6.42 Å². The molecule has 0 aliphatic heterocycles. The van der Waals surface area contributed by atoms with Crippen LogP contribution in [-0.2, 0) is 11.2 Å². The zero-order chi connectivity index (χ0) is 12.5. The van der Waals surface area contributed by atoms with Gasteiger partial charge in [0.1, 0.15) is 5.82 Å². The van der Waals surface area contributed by atoms with Crippen LogP contribution in [0.4, 0.5) is 4.39 Å². The number of benzene rings is 1. The van der Waals surface area contributed by atoms with E-state index in [1.807, 2.05) is 0 Å². The Morgan fingerprint density at radius 1 is 1.24 bits per heavy atom. The summed E-state index contributed by atoms with van der Waals surface area (Å²) < 4.78 is 12.6. The van der Waals surface area contributed by atoms with Crippen molar-refractivity contribution >= 4 is 5.91 Å². The number of halogens is 1. The summed E-state index contributed by atoms with van der Waals surface area (Å²) in [5.74, 6) is -0.105. The molecule has 0 saturated heterocycles. The van der Waals surface area contributed by atoms with Crippen LogP contribution in [0.3, 0.4) is 0 Å². The quantitative estimate of drug-likeness (QED) is 0.725. The highest BCUT2D eigenvalue weighted by Crippen LogP contribution is 2.06. The van der Waals surface area contributed by atoms with Crippen molar-refractivity contribution in [2.75, 3.05) is 6.54 Å². The first kappa shape index (κ1) is 13.7. The Labute approximate surface area is 102 Å². The molecule has 0 spiro atoms. The molecular formula is C14H20FNO. The van der Waals surface area contributed by atoms with Crippen LogP contribution in [0.15, 0.2) is 24.3 Å². The first-order valence-corrected chi connectivity index (χ1v) is 6.23. The second kappa shape index (κ2) is 7.82. The Balaban J connectivity index is 2.14. The number of carbonyl (C=O) groups is 1. The van der Waals surface area contributed by atoms with Gasteiger partial charge in [0.2, 0.25) is 5.91 Å². The summed E-state index contributed by atoms with van der Waals surface area (Å²) in [5, 5.41) is 2.88. The van der Waals surface area contributed by atoms with E-state index in [9.17, 15) is 9.18 Å². The lowest BCUT2D eigenvalue weighted by Crippen LogP contribution is -2.23. The van der Waals surface area contributed by atoms with E-state index in [0.717, 1.165) is 37.8 Å². The molecule has 1 aromatic rings. The van der Waals surface area contributed by atoms with Gasteiger partial charge in [0.25, 0.3) is 0 Å². The fraction of sp³-hybridized carbons (Fsp3) is 0.500. The van der Waals surface area contributed by atoms with Crippen molar-refractivity contribution in [3.05, 3.63) is 35.6 Å². The van der Waals surface area contributed by atoms with Crippen LogP contribution in [0, 0.1) is 5.82 Å². The van der Waals surface area contributed by atoms with Gasteiger partial charge in [-0.1, -0.05) is 25.5 Å². The number of hydrogen-bond acceptors (Lipinski definition) is 1. The molecular weight excluding hydrogens is 217 g/mol. The fourth-order valence-corrected chi connectivity index (χ4v) is 1.60. The summed E-state index contributed by atoms with van der Waals surface area (Å²) >= 11 is 0. The van der Waals surface area contributed by atoms with E-state index in [1.165, 1.54) is 12.1 Å². The van der Waals surface area contributed by atoms with Crippen LogP contribution < -0.4 is 5.32 Å². The van der Waals surface area contributed by atoms with E-state index < -0.39 is 0 Å². The third-order valence-electron chi connectivity index (χ3n) is 2.64. The molecule has 1 amide bonds. The number of aryl methyl sites for hydroxylation is 1. The Morgan fingerprint density at radius 2 is 1.94 bits per heavy atom. The molecule has 0 aliphatic carbocycles. The molecule has 0 radical (unpaired) electrons. The lowest BCUT2D eigenvalue weighted by atomic mass is 10.1. The fourth-order valence-electron chi connectivity index (χ4n) is 1.60. The zero-order valence-corrected chi connectivity index (χ0v) is 10.3. The molecule has 1 aromatic carbocycles. The first-order valence-electron chi connectivity index (χ1n) is 6.23. The highest BCUT2D eigenvalue weighted by molar-refractivity contribution is 5.75. The van der Waals surface area contributed by atoms with Crippen molar-refractivity contribution in [3.8, 4) is 0 Å². The summed E-state index contributed by atoms with van der Waals surface area (Å²) in [4.78, 5) is 11.4. The second-order valence-electron chi connectivity index (χ2n) is 4.18. The Kier molecular flexibility index (Phi) is 6.30. The van der Waals surface area contributed by atoms with E-state index in [2.05, 4.69) is 12.2 Å². The standard InChI is InChI=1S/C14H20FNO/c1-2-3-11-16-14(17)6-4-5-12-7-9-13(15)10-8-12/h7-10H,2-6,11H2,1H3,(H,16,17). The van der Waals surface area contributed by atoms with Crippen molar-refractivity contribution in [1.82, 2.24) is 5.32 Å². The highest BCUT2D eigenvalue weighted by atomic mass is 19.1. The summed E-state index contributed by atoms with van der Waals surface area (Å²) in [6.07, 6.45) is 4.30. The predicted molar refractivity (Wildman–Crippen MR) is 67.3 cm³/mol. The van der Waals surface area contributed by atoms with Crippen LogP contribution in [0.2, 0.25) is 0 Å². The van der Waals surface area contributed by atoms with E-state index in [-0.39, 0.29) is 11.7 Å². The van der Waals surface area contributed by atoms with Crippen LogP contribution in [0.1, 0.15) is 38.2 Å². The lowest BCUT2D eigenvalue weighted by molar-refractivity contribution is -0.121. The average Bonchev–Trinajstić information content (AvgIpc) is 2.32. The molecule has 3 heteroatoms. The van der Waals surface area contributed by atoms with Crippen LogP contribution in [0.5, 0.6) is 0 Å². The van der Waals surface area contributed by atoms with Crippen molar-refractivity contribution in [2.45, 2.75) is 39.0 Å². The van der Waals surface area contributed by atoms with Gasteiger partial charge >= 0.3 is 0 Å². The van der Waals surface area contributed by atoms with Crippen molar-refractivity contribution in [1.29, 1.82) is 0 Å². The largest absolute Gasteiger partial charge is 0.356 e. The smallest absolute Gasteiger partial charge is 0.220 e. The molecule has 0 aliphatic rings. The van der Waals surface area contributed by atoms with E-state index in [4.69, 9.17) is 0 Å². The van der Waals surface area contributed by atoms with Crippen LogP contribution in [-0.4, -0.2) is 12.5 Å². The minimum atomic E-state index is -0.217. The third kappa shape index (κ3) is 6.05. The van der Waals surface area contributed by atoms with Crippen molar-refractivity contribution in [2.24, 2.45) is 0 Å². The number of hydrogen-bond donors (Lipinski definition) is 1. The maximum absolute atomic E-state index is 12.6. The summed E-state index contributed by atoms with van der Waals surface area (Å²) in [5.41, 5.74) is 1.08. The maximum atomic E-state index is 12.6. The summed E-state index contributed by atoms with van der Waals surface area (Å²) in [7, 11) is 0. The van der Waals surface area contributed by atoms with Crippen molar-refractivity contribution in [3.63, 3.8) is 0 Å². The molecule has 0 bridgehead atoms. The topological polar surface area (TPSA) is 29.1 Å². The van der Waals surface area contributed by atoms with Gasteiger partial charge in [-0.2, -0.15) is 0 Å². The van der Waals surface area contributed by atoms with E-state index in [1.54, 1.807) is 12.1 Å². The minimum Gasteiger partial charge on any atom is -0.356 e. The molecule has 0 saturated carbocycles. The van der Waals surface area contributed by atoms with Gasteiger partial charge in [-0.05, 0) is 37.0 Å². The minimum absolute atomic E-state index is 0.112. The van der Waals surface area contributed by atoms with Crippen molar-refractivity contribution < 1.29 is 9.18 Å². The van der Waals surface area contributed by atoms with Crippen LogP contribution >= 0.6 is 0 Å². The molecule has 0 fully saturated rings. The Morgan fingerprint density at radius 3 is 2.59 bits per heavy atom. The molecule has 0 unspecified atom stereocenters. The zero-order valence-electron chi connectivity index (χ0n) is 10.3. The summed E-state index contributed by atoms with van der Waals surface area (Å²) in [6, 6.07) is 6.45. The molecule has 17 heavy (non-hydrogen) atoms. The number of nitrogens with one attached hydrogen (secondary N) is 1. The molecule has 1 rings (SSSR count). The van der Waals surface area contributed by atoms with E-state index >= 15 is 0 Å². The number of amides is 1. The molecule has 0 heterocycles. The molecule has 2 nitrogen and oxygen atoms in total. The number of carbonyl (C=O) groups excluding carboxylic acids is 1. The molecule has 1 N–H and O–H groups in total. The number of unbranched alkanes of at least 4 members (excludes halogenated alkanes) is 1. The monoisotopic (exact) mass is 237 g/mol. The SMILES string of the molecule is CCCCNC(=O)CCCc1ccc(F)cc1. The number of rotatable bonds is 7. The van der Waals surface area contributed by atoms with Gasteiger partial charge in [0.05, 0.1) is 0 Å². The highest BCUT2D eigenvalue weighted by Gasteiger charge is 2.01. The summed E-state index contributed by atoms with van der Waals surface area (Å²) in [6.45, 7) is 2.87. The van der Waals surface area contributed by atoms with Crippen LogP contribution in [0.25, 0.3) is 0 Å². The third-order valence-corrected chi connectivity index (χ3v) is 2.64. The second-order valence-corrected chi connectivity index (χ2v) is 4.18. The molecule has 94 valence electrons. The Hall–Kier alpha value is -1.38. The first-order chi connectivity index (χ1) is 8.22. The van der Waals surface area contributed by atoms with Gasteiger partial charge in [0.15, 0.2) is 0 Å². The Bertz CT molecular complexity index is 335. The van der Waals surface area contributed by atoms with Gasteiger partial charge in [-0.15, -0.1) is 0 Å². The maximum Gasteiger partial charge on any atom is 0.220 e. The van der Waals surface area contributed by atoms with Gasteiger partial charge in [0, 0.05) is 13.0 Å².